The van der Waals surface area contributed by atoms with Gasteiger partial charge in [0.1, 0.15) is 6.33 Å². The molecular weight excluding hydrogens is 354 g/mol. The van der Waals surface area contributed by atoms with Crippen LogP contribution in [-0.4, -0.2) is 93.2 Å². The van der Waals surface area contributed by atoms with Crippen LogP contribution in [0.2, 0.25) is 0 Å². The molecule has 3 fully saturated rings. The predicted molar refractivity (Wildman–Crippen MR) is 107 cm³/mol. The lowest BCUT2D eigenvalue weighted by Gasteiger charge is -2.44. The fraction of sp³-hybridized carbons (Fsp3) is 0.750. The van der Waals surface area contributed by atoms with Crippen molar-refractivity contribution < 1.29 is 5.11 Å². The summed E-state index contributed by atoms with van der Waals surface area (Å²) in [5.41, 5.74) is 3.05. The molecule has 2 aromatic rings. The number of aliphatic hydroxyl groups excluding tert-OH is 1. The van der Waals surface area contributed by atoms with E-state index in [4.69, 9.17) is 0 Å². The van der Waals surface area contributed by atoms with Crippen molar-refractivity contribution in [1.29, 1.82) is 0 Å². The number of nitrogens with zero attached hydrogens (tertiary/aromatic N) is 7. The number of anilines is 1. The Hall–Kier alpha value is -1.77. The van der Waals surface area contributed by atoms with Gasteiger partial charge in [0.2, 0.25) is 5.65 Å². The van der Waals surface area contributed by atoms with E-state index < -0.39 is 0 Å². The van der Waals surface area contributed by atoms with Gasteiger partial charge in [0.05, 0.1) is 17.5 Å². The minimum absolute atomic E-state index is 0.207. The molecule has 2 saturated heterocycles. The highest BCUT2D eigenvalue weighted by Crippen LogP contribution is 2.40. The average molecular weight is 386 g/mol. The Morgan fingerprint density at radius 2 is 1.86 bits per heavy atom. The second kappa shape index (κ2) is 7.24. The number of aryl methyl sites for hydroxylation is 1. The number of aromatic nitrogens is 4. The fourth-order valence-electron chi connectivity index (χ4n) is 5.42. The van der Waals surface area contributed by atoms with Crippen LogP contribution in [0.1, 0.15) is 25.5 Å². The monoisotopic (exact) mass is 385 g/mol. The Balaban J connectivity index is 1.35. The molecule has 5 rings (SSSR count). The van der Waals surface area contributed by atoms with E-state index in [0.717, 1.165) is 75.6 Å². The van der Waals surface area contributed by atoms with Gasteiger partial charge in [-0.25, -0.2) is 0 Å². The van der Waals surface area contributed by atoms with Gasteiger partial charge in [-0.2, -0.15) is 9.61 Å². The van der Waals surface area contributed by atoms with Crippen LogP contribution in [0.3, 0.4) is 0 Å². The van der Waals surface area contributed by atoms with Gasteiger partial charge in [0, 0.05) is 45.3 Å². The molecule has 28 heavy (non-hydrogen) atoms. The predicted octanol–water partition coefficient (Wildman–Crippen LogP) is 0.510. The summed E-state index contributed by atoms with van der Waals surface area (Å²) in [7, 11) is 2.18. The van der Waals surface area contributed by atoms with E-state index >= 15 is 0 Å². The summed E-state index contributed by atoms with van der Waals surface area (Å²) in [6.45, 7) is 8.51. The van der Waals surface area contributed by atoms with E-state index in [2.05, 4.69) is 50.0 Å². The van der Waals surface area contributed by atoms with E-state index in [0.29, 0.717) is 17.9 Å². The summed E-state index contributed by atoms with van der Waals surface area (Å²) in [6.07, 6.45) is 4.38. The normalized spacial score (nSPS) is 32.2. The molecule has 0 radical (unpaired) electrons. The van der Waals surface area contributed by atoms with Gasteiger partial charge in [0.15, 0.2) is 0 Å². The van der Waals surface area contributed by atoms with Gasteiger partial charge < -0.3 is 14.9 Å². The van der Waals surface area contributed by atoms with Crippen LogP contribution in [0.4, 0.5) is 5.69 Å². The second-order valence-electron chi connectivity index (χ2n) is 8.84. The zero-order valence-corrected chi connectivity index (χ0v) is 16.9. The van der Waals surface area contributed by atoms with E-state index in [-0.39, 0.29) is 6.10 Å². The van der Waals surface area contributed by atoms with Crippen molar-refractivity contribution in [2.75, 3.05) is 51.2 Å². The van der Waals surface area contributed by atoms with E-state index in [1.165, 1.54) is 0 Å². The van der Waals surface area contributed by atoms with E-state index in [1.54, 1.807) is 10.8 Å². The van der Waals surface area contributed by atoms with Gasteiger partial charge in [-0.15, -0.1) is 10.2 Å². The van der Waals surface area contributed by atoms with Gasteiger partial charge in [-0.1, -0.05) is 6.92 Å². The summed E-state index contributed by atoms with van der Waals surface area (Å²) >= 11 is 0. The molecule has 2 aliphatic heterocycles. The summed E-state index contributed by atoms with van der Waals surface area (Å²) in [6, 6.07) is 2.49. The number of piperazine rings is 1. The maximum Gasteiger partial charge on any atom is 0.200 e. The molecule has 0 unspecified atom stereocenters. The molecule has 4 atom stereocenters. The van der Waals surface area contributed by atoms with Crippen LogP contribution in [0, 0.1) is 11.8 Å². The molecule has 0 bridgehead atoms. The second-order valence-corrected chi connectivity index (χ2v) is 8.84. The van der Waals surface area contributed by atoms with Crippen LogP contribution in [-0.2, 0) is 6.42 Å². The Bertz CT molecular complexity index is 831. The minimum Gasteiger partial charge on any atom is -0.391 e. The number of rotatable bonds is 3. The SMILES string of the molecule is CCc1cc(N2C[C@H]3C[C@@H](N4CCN(C)CC4)[C@H](O)C[C@H]3C2)c2nncn2n1. The zero-order chi connectivity index (χ0) is 19.3. The van der Waals surface area contributed by atoms with Gasteiger partial charge >= 0.3 is 0 Å². The smallest absolute Gasteiger partial charge is 0.200 e. The standard InChI is InChI=1S/C20H31N7O/c1-3-16-10-18(20-22-21-13-27(20)23-16)26-11-14-8-17(19(28)9-15(14)12-26)25-6-4-24(2)5-7-25/h10,13-15,17,19,28H,3-9,11-12H2,1-2H3/t14-,15+,17-,19-/m1/s1. The lowest BCUT2D eigenvalue weighted by atomic mass is 9.77. The van der Waals surface area contributed by atoms with E-state index in [9.17, 15) is 5.11 Å². The van der Waals surface area contributed by atoms with E-state index in [1.807, 2.05) is 0 Å². The highest BCUT2D eigenvalue weighted by Gasteiger charge is 2.44. The lowest BCUT2D eigenvalue weighted by molar-refractivity contribution is -0.0249. The average Bonchev–Trinajstić information content (AvgIpc) is 3.33. The van der Waals surface area contributed by atoms with Crippen LogP contribution in [0.25, 0.3) is 5.65 Å². The molecule has 0 aromatic carbocycles. The largest absolute Gasteiger partial charge is 0.391 e. The van der Waals surface area contributed by atoms with Crippen LogP contribution >= 0.6 is 0 Å². The van der Waals surface area contributed by atoms with Crippen molar-refractivity contribution >= 4 is 11.3 Å². The molecule has 8 heteroatoms. The Labute approximate surface area is 166 Å². The number of likely N-dealkylation sites (N-methyl/N-ethyl adjacent to an activating group) is 1. The summed E-state index contributed by atoms with van der Waals surface area (Å²) < 4.78 is 1.80. The summed E-state index contributed by atoms with van der Waals surface area (Å²) in [5.74, 6) is 1.19. The molecule has 0 spiro atoms. The molecule has 1 aliphatic carbocycles. The third kappa shape index (κ3) is 3.17. The molecule has 3 aliphatic rings. The number of hydrogen-bond acceptors (Lipinski definition) is 7. The van der Waals surface area contributed by atoms with Crippen molar-refractivity contribution in [1.82, 2.24) is 29.6 Å². The van der Waals surface area contributed by atoms with Crippen molar-refractivity contribution in [3.05, 3.63) is 18.1 Å². The molecular formula is C20H31N7O. The van der Waals surface area contributed by atoms with Crippen LogP contribution in [0.5, 0.6) is 0 Å². The van der Waals surface area contributed by atoms with Crippen molar-refractivity contribution in [3.8, 4) is 0 Å². The van der Waals surface area contributed by atoms with Crippen molar-refractivity contribution in [2.24, 2.45) is 11.8 Å². The highest BCUT2D eigenvalue weighted by molar-refractivity contribution is 5.68. The first-order chi connectivity index (χ1) is 13.6. The first kappa shape index (κ1) is 18.3. The Kier molecular flexibility index (Phi) is 4.72. The summed E-state index contributed by atoms with van der Waals surface area (Å²) in [5, 5.41) is 23.9. The molecule has 1 saturated carbocycles. The Morgan fingerprint density at radius 3 is 2.61 bits per heavy atom. The van der Waals surface area contributed by atoms with Gasteiger partial charge in [-0.3, -0.25) is 4.90 Å². The van der Waals surface area contributed by atoms with Crippen molar-refractivity contribution in [3.63, 3.8) is 0 Å². The molecule has 152 valence electrons. The zero-order valence-electron chi connectivity index (χ0n) is 16.9. The number of hydrogen-bond donors (Lipinski definition) is 1. The molecule has 4 heterocycles. The molecule has 8 nitrogen and oxygen atoms in total. The maximum absolute atomic E-state index is 10.9. The quantitative estimate of drug-likeness (QED) is 0.825. The third-order valence-corrected chi connectivity index (χ3v) is 7.12. The topological polar surface area (TPSA) is 73.0 Å². The molecule has 2 aromatic heterocycles. The number of fused-ring (bicyclic) bond motifs is 2. The lowest BCUT2D eigenvalue weighted by Crippen LogP contribution is -2.55. The first-order valence-electron chi connectivity index (χ1n) is 10.7. The van der Waals surface area contributed by atoms with Crippen molar-refractivity contribution in [2.45, 2.75) is 38.3 Å². The van der Waals surface area contributed by atoms with Gasteiger partial charge in [0.25, 0.3) is 0 Å². The first-order valence-corrected chi connectivity index (χ1v) is 10.7. The minimum atomic E-state index is -0.207. The van der Waals surface area contributed by atoms with Gasteiger partial charge in [-0.05, 0) is 44.2 Å². The highest BCUT2D eigenvalue weighted by atomic mass is 16.3. The maximum atomic E-state index is 10.9. The molecule has 0 amide bonds. The summed E-state index contributed by atoms with van der Waals surface area (Å²) in [4.78, 5) is 7.37. The fourth-order valence-corrected chi connectivity index (χ4v) is 5.42. The van der Waals surface area contributed by atoms with Crippen LogP contribution in [0.15, 0.2) is 12.4 Å². The third-order valence-electron chi connectivity index (χ3n) is 7.12. The van der Waals surface area contributed by atoms with Crippen LogP contribution < -0.4 is 4.90 Å². The Morgan fingerprint density at radius 1 is 1.11 bits per heavy atom. The number of aliphatic hydroxyl groups is 1. The molecule has 1 N–H and O–H groups in total.